The van der Waals surface area contributed by atoms with Crippen molar-refractivity contribution in [2.24, 2.45) is 11.0 Å². The van der Waals surface area contributed by atoms with Crippen LogP contribution in [0.1, 0.15) is 51.8 Å². The second kappa shape index (κ2) is 9.76. The molecular weight excluding hydrogens is 499 g/mol. The lowest BCUT2D eigenvalue weighted by molar-refractivity contribution is 0.0831. The number of anilines is 1. The molecule has 1 aliphatic heterocycles. The Balaban J connectivity index is 1.63. The molecule has 1 aliphatic carbocycles. The Morgan fingerprint density at radius 1 is 1.11 bits per heavy atom. The molecule has 180 valence electrons. The molecule has 2 aromatic carbocycles. The van der Waals surface area contributed by atoms with Crippen LogP contribution in [0.5, 0.6) is 0 Å². The third-order valence-electron chi connectivity index (χ3n) is 6.54. The van der Waals surface area contributed by atoms with Crippen LogP contribution in [0.25, 0.3) is 6.08 Å². The van der Waals surface area contributed by atoms with Crippen LogP contribution in [0.4, 0.5) is 5.13 Å². The van der Waals surface area contributed by atoms with Gasteiger partial charge < -0.3 is 4.90 Å². The van der Waals surface area contributed by atoms with Crippen molar-refractivity contribution in [3.05, 3.63) is 85.8 Å². The molecule has 5 nitrogen and oxygen atoms in total. The Morgan fingerprint density at radius 3 is 2.54 bits per heavy atom. The first kappa shape index (κ1) is 24.0. The van der Waals surface area contributed by atoms with Crippen LogP contribution >= 0.6 is 34.5 Å². The molecule has 2 heterocycles. The van der Waals surface area contributed by atoms with E-state index in [0.29, 0.717) is 20.7 Å². The number of hydrazone groups is 1. The number of carbonyl (C=O) groups is 1. The molecule has 2 aliphatic rings. The summed E-state index contributed by atoms with van der Waals surface area (Å²) in [5, 5.41) is 9.27. The summed E-state index contributed by atoms with van der Waals surface area (Å²) in [6.07, 6.45) is 5.15. The number of carbonyl (C=O) groups excluding carboxylic acids is 1. The van der Waals surface area contributed by atoms with Crippen LogP contribution in [0.2, 0.25) is 10.0 Å². The largest absolute Gasteiger partial charge is 0.344 e. The molecule has 8 heteroatoms. The Bertz CT molecular complexity index is 1350. The van der Waals surface area contributed by atoms with Gasteiger partial charge >= 0.3 is 0 Å². The lowest BCUT2D eigenvalue weighted by atomic mass is 9.77. The van der Waals surface area contributed by atoms with E-state index in [1.165, 1.54) is 16.9 Å². The highest BCUT2D eigenvalue weighted by atomic mass is 35.5. The van der Waals surface area contributed by atoms with Crippen LogP contribution in [-0.4, -0.2) is 35.6 Å². The number of nitrogens with zero attached hydrogens (tertiary/aromatic N) is 4. The van der Waals surface area contributed by atoms with Gasteiger partial charge in [0, 0.05) is 30.1 Å². The minimum absolute atomic E-state index is 0.0517. The van der Waals surface area contributed by atoms with Gasteiger partial charge in [0.15, 0.2) is 0 Å². The Morgan fingerprint density at radius 2 is 1.83 bits per heavy atom. The predicted octanol–water partition coefficient (Wildman–Crippen LogP) is 7.26. The van der Waals surface area contributed by atoms with Crippen molar-refractivity contribution < 1.29 is 4.79 Å². The molecule has 0 N–H and O–H groups in total. The predicted molar refractivity (Wildman–Crippen MR) is 146 cm³/mol. The van der Waals surface area contributed by atoms with Crippen molar-refractivity contribution in [2.45, 2.75) is 32.2 Å². The molecule has 0 bridgehead atoms. The fraction of sp³-hybridized carbons (Fsp3) is 0.296. The average molecular weight is 526 g/mol. The summed E-state index contributed by atoms with van der Waals surface area (Å²) in [4.78, 5) is 19.7. The van der Waals surface area contributed by atoms with Gasteiger partial charge in [-0.3, -0.25) is 4.79 Å². The van der Waals surface area contributed by atoms with Gasteiger partial charge in [-0.25, -0.2) is 9.99 Å². The number of aromatic nitrogens is 1. The zero-order valence-corrected chi connectivity index (χ0v) is 22.2. The number of fused-ring (bicyclic) bond motifs is 1. The Kier molecular flexibility index (Phi) is 6.71. The number of amides is 1. The van der Waals surface area contributed by atoms with E-state index in [1.54, 1.807) is 19.0 Å². The maximum atomic E-state index is 12.7. The third kappa shape index (κ3) is 4.51. The summed E-state index contributed by atoms with van der Waals surface area (Å²) < 4.78 is 0. The molecule has 1 amide bonds. The number of thiazole rings is 1. The highest BCUT2D eigenvalue weighted by molar-refractivity contribution is 7.17. The first-order chi connectivity index (χ1) is 16.8. The van der Waals surface area contributed by atoms with E-state index < -0.39 is 0 Å². The molecule has 0 saturated heterocycles. The van der Waals surface area contributed by atoms with Gasteiger partial charge in [-0.1, -0.05) is 70.9 Å². The summed E-state index contributed by atoms with van der Waals surface area (Å²) in [6.45, 7) is 1.88. The summed E-state index contributed by atoms with van der Waals surface area (Å²) >= 11 is 14.6. The first-order valence-corrected chi connectivity index (χ1v) is 13.2. The van der Waals surface area contributed by atoms with E-state index in [2.05, 4.69) is 12.1 Å². The normalized spacial score (nSPS) is 20.7. The molecule has 1 fully saturated rings. The lowest BCUT2D eigenvalue weighted by Crippen LogP contribution is -2.28. The van der Waals surface area contributed by atoms with Gasteiger partial charge in [-0.15, -0.1) is 0 Å². The van der Waals surface area contributed by atoms with Gasteiger partial charge in [0.25, 0.3) is 5.91 Å². The molecule has 1 aromatic heterocycles. The summed E-state index contributed by atoms with van der Waals surface area (Å²) in [6, 6.07) is 15.7. The fourth-order valence-corrected chi connectivity index (χ4v) is 6.36. The second-order valence-corrected chi connectivity index (χ2v) is 10.9. The molecule has 2 unspecified atom stereocenters. The highest BCUT2D eigenvalue weighted by Crippen LogP contribution is 2.48. The van der Waals surface area contributed by atoms with Crippen molar-refractivity contribution >= 4 is 57.4 Å². The third-order valence-corrected chi connectivity index (χ3v) is 8.37. The number of aryl methyl sites for hydroxylation is 1. The van der Waals surface area contributed by atoms with Gasteiger partial charge in [-0.2, -0.15) is 5.10 Å². The molecule has 0 spiro atoms. The van der Waals surface area contributed by atoms with Crippen molar-refractivity contribution in [2.75, 3.05) is 19.1 Å². The van der Waals surface area contributed by atoms with Crippen LogP contribution in [0.3, 0.4) is 0 Å². The number of hydrogen-bond acceptors (Lipinski definition) is 5. The monoisotopic (exact) mass is 524 g/mol. The smallest absolute Gasteiger partial charge is 0.265 e. The number of rotatable bonds is 4. The summed E-state index contributed by atoms with van der Waals surface area (Å²) in [5.74, 6) is 0.110. The second-order valence-electron chi connectivity index (χ2n) is 9.10. The van der Waals surface area contributed by atoms with E-state index >= 15 is 0 Å². The maximum absolute atomic E-state index is 12.7. The topological polar surface area (TPSA) is 48.8 Å². The van der Waals surface area contributed by atoms with E-state index in [0.717, 1.165) is 41.1 Å². The minimum Gasteiger partial charge on any atom is -0.344 e. The van der Waals surface area contributed by atoms with Gasteiger partial charge in [-0.05, 0) is 61.1 Å². The van der Waals surface area contributed by atoms with Crippen LogP contribution in [0.15, 0.2) is 59.2 Å². The molecule has 3 aromatic rings. The SMILES string of the molecule is Cc1nc(N2N=C3/C(=C/c4ccccc4Cl)CCCC3C2c2ccccc2Cl)sc1C(=O)N(C)C. The Labute approximate surface area is 219 Å². The average Bonchev–Trinajstić information content (AvgIpc) is 3.41. The molecule has 0 radical (unpaired) electrons. The van der Waals surface area contributed by atoms with Gasteiger partial charge in [0.1, 0.15) is 4.88 Å². The number of allylic oxidation sites excluding steroid dienone is 1. The van der Waals surface area contributed by atoms with E-state index in [9.17, 15) is 4.79 Å². The van der Waals surface area contributed by atoms with Crippen molar-refractivity contribution in [3.63, 3.8) is 0 Å². The standard InChI is InChI=1S/C27H26Cl2N4OS/c1-16-25(26(34)32(2)3)35-27(30-16)33-24(19-11-5-7-14-22(19)29)20-12-8-10-18(23(20)31-33)15-17-9-4-6-13-21(17)28/h4-7,9,11,13-15,20,24H,8,10,12H2,1-3H3/b18-15+. The first-order valence-electron chi connectivity index (χ1n) is 11.6. The number of benzene rings is 2. The zero-order chi connectivity index (χ0) is 24.7. The van der Waals surface area contributed by atoms with E-state index in [4.69, 9.17) is 33.3 Å². The molecule has 2 atom stereocenters. The summed E-state index contributed by atoms with van der Waals surface area (Å²) in [7, 11) is 3.51. The quantitative estimate of drug-likeness (QED) is 0.360. The van der Waals surface area contributed by atoms with Crippen molar-refractivity contribution in [3.8, 4) is 0 Å². The molecule has 1 saturated carbocycles. The highest BCUT2D eigenvalue weighted by Gasteiger charge is 2.44. The maximum Gasteiger partial charge on any atom is 0.265 e. The van der Waals surface area contributed by atoms with Crippen LogP contribution < -0.4 is 5.01 Å². The molecule has 35 heavy (non-hydrogen) atoms. The minimum atomic E-state index is -0.0958. The lowest BCUT2D eigenvalue weighted by Gasteiger charge is -2.30. The van der Waals surface area contributed by atoms with Crippen molar-refractivity contribution in [1.82, 2.24) is 9.88 Å². The fourth-order valence-electron chi connectivity index (χ4n) is 4.84. The summed E-state index contributed by atoms with van der Waals surface area (Å²) in [5.41, 5.74) is 4.96. The number of hydrogen-bond donors (Lipinski definition) is 0. The van der Waals surface area contributed by atoms with Crippen LogP contribution in [-0.2, 0) is 0 Å². The van der Waals surface area contributed by atoms with Gasteiger partial charge in [0.05, 0.1) is 17.4 Å². The molecular formula is C27H26Cl2N4OS. The van der Waals surface area contributed by atoms with E-state index in [-0.39, 0.29) is 17.9 Å². The van der Waals surface area contributed by atoms with Gasteiger partial charge in [0.2, 0.25) is 5.13 Å². The molecule has 5 rings (SSSR count). The van der Waals surface area contributed by atoms with E-state index in [1.807, 2.05) is 54.4 Å². The van der Waals surface area contributed by atoms with Crippen molar-refractivity contribution in [1.29, 1.82) is 0 Å². The number of halogens is 2. The zero-order valence-electron chi connectivity index (χ0n) is 19.8. The van der Waals surface area contributed by atoms with Crippen LogP contribution in [0, 0.1) is 12.8 Å². The Hall–Kier alpha value is -2.67.